The molecule has 0 bridgehead atoms. The predicted octanol–water partition coefficient (Wildman–Crippen LogP) is 4.28. The summed E-state index contributed by atoms with van der Waals surface area (Å²) in [6.45, 7) is 3.90. The monoisotopic (exact) mass is 234 g/mol. The zero-order valence-electron chi connectivity index (χ0n) is 9.53. The average Bonchev–Trinajstić information content (AvgIpc) is 2.32. The number of aldehydes is 1. The molecule has 0 amide bonds. The zero-order valence-corrected chi connectivity index (χ0v) is 10.3. The molecule has 0 saturated heterocycles. The van der Waals surface area contributed by atoms with Crippen molar-refractivity contribution in [1.82, 2.24) is 0 Å². The lowest BCUT2D eigenvalue weighted by Gasteiger charge is -2.07. The molecule has 1 aromatic rings. The molecule has 0 N–H and O–H groups in total. The van der Waals surface area contributed by atoms with Crippen LogP contribution in [0.15, 0.2) is 42.0 Å². The highest BCUT2D eigenvalue weighted by molar-refractivity contribution is 6.32. The van der Waals surface area contributed by atoms with Gasteiger partial charge in [-0.2, -0.15) is 0 Å². The van der Waals surface area contributed by atoms with Crippen molar-refractivity contribution in [3.63, 3.8) is 0 Å². The lowest BCUT2D eigenvalue weighted by atomic mass is 10.0. The summed E-state index contributed by atoms with van der Waals surface area (Å²) in [7, 11) is 0. The van der Waals surface area contributed by atoms with Crippen molar-refractivity contribution in [2.75, 3.05) is 0 Å². The first-order chi connectivity index (χ1) is 7.72. The number of allylic oxidation sites excluding steroid dienone is 4. The largest absolute Gasteiger partial charge is 0.298 e. The average molecular weight is 235 g/mol. The smallest absolute Gasteiger partial charge is 0.149 e. The minimum absolute atomic E-state index is 0.678. The highest BCUT2D eigenvalue weighted by Crippen LogP contribution is 2.26. The van der Waals surface area contributed by atoms with Crippen LogP contribution >= 0.6 is 11.6 Å². The standard InChI is InChI=1S/C14H15ClO/c1-3-11(10-16)9-12(4-2)13-7-5-6-8-14(13)15/h3,5-10H,4H2,1-2H3/b11-3-,12-9+. The summed E-state index contributed by atoms with van der Waals surface area (Å²) in [6.07, 6.45) is 5.37. The van der Waals surface area contributed by atoms with E-state index in [0.717, 1.165) is 28.9 Å². The maximum Gasteiger partial charge on any atom is 0.149 e. The first-order valence-corrected chi connectivity index (χ1v) is 5.67. The number of hydrogen-bond donors (Lipinski definition) is 0. The lowest BCUT2D eigenvalue weighted by Crippen LogP contribution is -1.87. The summed E-state index contributed by atoms with van der Waals surface area (Å²) >= 11 is 6.12. The van der Waals surface area contributed by atoms with Gasteiger partial charge in [-0.25, -0.2) is 0 Å². The molecule has 1 nitrogen and oxygen atoms in total. The van der Waals surface area contributed by atoms with E-state index in [1.54, 1.807) is 6.08 Å². The van der Waals surface area contributed by atoms with Crippen molar-refractivity contribution in [2.45, 2.75) is 20.3 Å². The zero-order chi connectivity index (χ0) is 12.0. The number of hydrogen-bond acceptors (Lipinski definition) is 1. The molecule has 0 aromatic heterocycles. The van der Waals surface area contributed by atoms with Gasteiger partial charge < -0.3 is 0 Å². The summed E-state index contributed by atoms with van der Waals surface area (Å²) in [4.78, 5) is 10.8. The highest BCUT2D eigenvalue weighted by Gasteiger charge is 2.04. The summed E-state index contributed by atoms with van der Waals surface area (Å²) in [5.41, 5.74) is 2.75. The Labute approximate surface area is 101 Å². The minimum atomic E-state index is 0.678. The van der Waals surface area contributed by atoms with E-state index in [4.69, 9.17) is 11.6 Å². The second kappa shape index (κ2) is 6.29. The van der Waals surface area contributed by atoms with Gasteiger partial charge in [0.25, 0.3) is 0 Å². The molecule has 0 heterocycles. The van der Waals surface area contributed by atoms with Gasteiger partial charge in [0.1, 0.15) is 6.29 Å². The normalized spacial score (nSPS) is 12.7. The molecule has 0 unspecified atom stereocenters. The van der Waals surface area contributed by atoms with Crippen LogP contribution in [0.5, 0.6) is 0 Å². The molecule has 1 rings (SSSR count). The fourth-order valence-corrected chi connectivity index (χ4v) is 1.74. The van der Waals surface area contributed by atoms with Crippen molar-refractivity contribution in [3.05, 3.63) is 52.6 Å². The SMILES string of the molecule is C/C=C(C=O)/C=C(\CC)c1ccccc1Cl. The summed E-state index contributed by atoms with van der Waals surface area (Å²) in [5.74, 6) is 0. The highest BCUT2D eigenvalue weighted by atomic mass is 35.5. The second-order valence-corrected chi connectivity index (χ2v) is 3.82. The lowest BCUT2D eigenvalue weighted by molar-refractivity contribution is -0.104. The maximum atomic E-state index is 10.8. The van der Waals surface area contributed by atoms with Gasteiger partial charge >= 0.3 is 0 Å². The van der Waals surface area contributed by atoms with Crippen molar-refractivity contribution < 1.29 is 4.79 Å². The van der Waals surface area contributed by atoms with Gasteiger partial charge in [-0.05, 0) is 36.6 Å². The van der Waals surface area contributed by atoms with Gasteiger partial charge in [-0.1, -0.05) is 42.8 Å². The molecule has 0 aliphatic carbocycles. The van der Waals surface area contributed by atoms with Crippen LogP contribution in [0, 0.1) is 0 Å². The molecule has 0 radical (unpaired) electrons. The van der Waals surface area contributed by atoms with Gasteiger partial charge in [0.15, 0.2) is 0 Å². The van der Waals surface area contributed by atoms with E-state index in [1.807, 2.05) is 44.2 Å². The Bertz CT molecular complexity index is 430. The van der Waals surface area contributed by atoms with Crippen molar-refractivity contribution in [2.24, 2.45) is 0 Å². The number of carbonyl (C=O) groups excluding carboxylic acids is 1. The summed E-state index contributed by atoms with van der Waals surface area (Å²) < 4.78 is 0. The summed E-state index contributed by atoms with van der Waals surface area (Å²) in [5, 5.41) is 0.719. The first-order valence-electron chi connectivity index (χ1n) is 5.29. The third kappa shape index (κ3) is 3.07. The van der Waals surface area contributed by atoms with Gasteiger partial charge in [0.2, 0.25) is 0 Å². The predicted molar refractivity (Wildman–Crippen MR) is 69.5 cm³/mol. The molecular weight excluding hydrogens is 220 g/mol. The third-order valence-electron chi connectivity index (χ3n) is 2.41. The van der Waals surface area contributed by atoms with Crippen LogP contribution in [0.2, 0.25) is 5.02 Å². The molecule has 0 spiro atoms. The Morgan fingerprint density at radius 3 is 2.56 bits per heavy atom. The molecule has 1 aromatic carbocycles. The molecule has 0 saturated carbocycles. The number of benzene rings is 1. The van der Waals surface area contributed by atoms with E-state index in [9.17, 15) is 4.79 Å². The van der Waals surface area contributed by atoms with E-state index in [0.29, 0.717) is 5.57 Å². The topological polar surface area (TPSA) is 17.1 Å². The molecule has 0 fully saturated rings. The fourth-order valence-electron chi connectivity index (χ4n) is 1.48. The van der Waals surface area contributed by atoms with Crippen LogP contribution in [0.3, 0.4) is 0 Å². The van der Waals surface area contributed by atoms with Crippen LogP contribution in [0.1, 0.15) is 25.8 Å². The number of carbonyl (C=O) groups is 1. The van der Waals surface area contributed by atoms with Gasteiger partial charge in [-0.3, -0.25) is 4.79 Å². The Balaban J connectivity index is 3.18. The molecule has 16 heavy (non-hydrogen) atoms. The van der Waals surface area contributed by atoms with E-state index in [-0.39, 0.29) is 0 Å². The van der Waals surface area contributed by atoms with E-state index >= 15 is 0 Å². The quantitative estimate of drug-likeness (QED) is 0.432. The number of halogens is 1. The van der Waals surface area contributed by atoms with Gasteiger partial charge in [-0.15, -0.1) is 0 Å². The van der Waals surface area contributed by atoms with Crippen molar-refractivity contribution >= 4 is 23.5 Å². The Morgan fingerprint density at radius 2 is 2.06 bits per heavy atom. The molecule has 0 atom stereocenters. The Hall–Kier alpha value is -1.34. The van der Waals surface area contributed by atoms with Crippen LogP contribution in [0.4, 0.5) is 0 Å². The molecule has 2 heteroatoms. The molecule has 84 valence electrons. The Morgan fingerprint density at radius 1 is 1.38 bits per heavy atom. The van der Waals surface area contributed by atoms with Gasteiger partial charge in [0.05, 0.1) is 0 Å². The van der Waals surface area contributed by atoms with E-state index < -0.39 is 0 Å². The fraction of sp³-hybridized carbons (Fsp3) is 0.214. The second-order valence-electron chi connectivity index (χ2n) is 3.41. The van der Waals surface area contributed by atoms with E-state index in [1.165, 1.54) is 0 Å². The Kier molecular flexibility index (Phi) is 5.00. The van der Waals surface area contributed by atoms with Crippen LogP contribution in [0.25, 0.3) is 5.57 Å². The van der Waals surface area contributed by atoms with Crippen LogP contribution in [-0.2, 0) is 4.79 Å². The number of rotatable bonds is 4. The third-order valence-corrected chi connectivity index (χ3v) is 2.74. The minimum Gasteiger partial charge on any atom is -0.298 e. The molecule has 0 aliphatic rings. The van der Waals surface area contributed by atoms with Crippen LogP contribution < -0.4 is 0 Å². The van der Waals surface area contributed by atoms with Crippen molar-refractivity contribution in [1.29, 1.82) is 0 Å². The van der Waals surface area contributed by atoms with Gasteiger partial charge in [0, 0.05) is 10.6 Å². The maximum absolute atomic E-state index is 10.8. The van der Waals surface area contributed by atoms with E-state index in [2.05, 4.69) is 0 Å². The van der Waals surface area contributed by atoms with Crippen LogP contribution in [-0.4, -0.2) is 6.29 Å². The molecular formula is C14H15ClO. The van der Waals surface area contributed by atoms with Crippen molar-refractivity contribution in [3.8, 4) is 0 Å². The molecule has 0 aliphatic heterocycles. The summed E-state index contributed by atoms with van der Waals surface area (Å²) in [6, 6.07) is 7.67. The first kappa shape index (κ1) is 12.7.